The Morgan fingerprint density at radius 1 is 1.31 bits per heavy atom. The van der Waals surface area contributed by atoms with Crippen molar-refractivity contribution in [3.05, 3.63) is 22.2 Å². The number of carbonyl (C=O) groups is 1. The van der Waals surface area contributed by atoms with Crippen LogP contribution in [0.3, 0.4) is 0 Å². The molecule has 0 saturated heterocycles. The van der Waals surface area contributed by atoms with Gasteiger partial charge in [0.1, 0.15) is 5.75 Å². The van der Waals surface area contributed by atoms with Crippen LogP contribution in [0, 0.1) is 0 Å². The zero-order valence-corrected chi connectivity index (χ0v) is 11.0. The summed E-state index contributed by atoms with van der Waals surface area (Å²) in [5.74, 6) is 0.446. The van der Waals surface area contributed by atoms with Crippen LogP contribution in [0.5, 0.6) is 5.75 Å². The Bertz CT molecular complexity index is 407. The molecule has 0 spiro atoms. The van der Waals surface area contributed by atoms with E-state index >= 15 is 0 Å². The average Bonchev–Trinajstić information content (AvgIpc) is 2.11. The quantitative estimate of drug-likeness (QED) is 0.652. The molecule has 0 bridgehead atoms. The molecular formula is C10H10Cl3NO2. The maximum Gasteiger partial charge on any atom is 0.318 e. The molecule has 0 fully saturated rings. The van der Waals surface area contributed by atoms with Crippen molar-refractivity contribution >= 4 is 45.9 Å². The van der Waals surface area contributed by atoms with E-state index in [9.17, 15) is 4.79 Å². The fourth-order valence-corrected chi connectivity index (χ4v) is 1.65. The molecule has 16 heavy (non-hydrogen) atoms. The zero-order chi connectivity index (χ0) is 12.3. The lowest BCUT2D eigenvalue weighted by molar-refractivity contribution is 0.242. The number of benzene rings is 1. The van der Waals surface area contributed by atoms with Gasteiger partial charge < -0.3 is 10.1 Å². The molecule has 0 aliphatic carbocycles. The zero-order valence-electron chi connectivity index (χ0n) is 8.68. The topological polar surface area (TPSA) is 38.3 Å². The molecule has 1 rings (SSSR count). The number of halogens is 3. The summed E-state index contributed by atoms with van der Waals surface area (Å²) in [7, 11) is 0. The van der Waals surface area contributed by atoms with Crippen LogP contribution < -0.4 is 10.1 Å². The van der Waals surface area contributed by atoms with Gasteiger partial charge in [-0.05, 0) is 31.5 Å². The van der Waals surface area contributed by atoms with Crippen molar-refractivity contribution < 1.29 is 9.53 Å². The lowest BCUT2D eigenvalue weighted by Crippen LogP contribution is -2.07. The minimum atomic E-state index is -0.722. The van der Waals surface area contributed by atoms with Crippen LogP contribution in [-0.4, -0.2) is 11.5 Å². The second kappa shape index (κ2) is 5.62. The van der Waals surface area contributed by atoms with Gasteiger partial charge >= 0.3 is 5.37 Å². The molecule has 1 aromatic rings. The lowest BCUT2D eigenvalue weighted by Gasteiger charge is -2.13. The summed E-state index contributed by atoms with van der Waals surface area (Å²) in [6.45, 7) is 3.73. The summed E-state index contributed by atoms with van der Waals surface area (Å²) in [4.78, 5) is 10.7. The van der Waals surface area contributed by atoms with Crippen LogP contribution in [0.1, 0.15) is 13.8 Å². The first-order chi connectivity index (χ1) is 7.40. The van der Waals surface area contributed by atoms with Gasteiger partial charge in [-0.1, -0.05) is 23.2 Å². The van der Waals surface area contributed by atoms with Gasteiger partial charge in [0.2, 0.25) is 0 Å². The van der Waals surface area contributed by atoms with Crippen molar-refractivity contribution in [3.8, 4) is 5.75 Å². The first kappa shape index (κ1) is 13.4. The molecule has 3 nitrogen and oxygen atoms in total. The van der Waals surface area contributed by atoms with Crippen molar-refractivity contribution in [2.24, 2.45) is 0 Å². The van der Waals surface area contributed by atoms with Gasteiger partial charge in [0.05, 0.1) is 21.8 Å². The smallest absolute Gasteiger partial charge is 0.318 e. The molecule has 0 radical (unpaired) electrons. The van der Waals surface area contributed by atoms with E-state index in [-0.39, 0.29) is 6.10 Å². The molecule has 1 amide bonds. The molecule has 0 aromatic heterocycles. The first-order valence-electron chi connectivity index (χ1n) is 4.52. The van der Waals surface area contributed by atoms with E-state index in [1.165, 1.54) is 12.1 Å². The highest BCUT2D eigenvalue weighted by molar-refractivity contribution is 6.66. The van der Waals surface area contributed by atoms with E-state index in [2.05, 4.69) is 5.32 Å². The third-order valence-corrected chi connectivity index (χ3v) is 2.32. The number of ether oxygens (including phenoxy) is 1. The van der Waals surface area contributed by atoms with Crippen molar-refractivity contribution in [1.82, 2.24) is 0 Å². The Balaban J connectivity index is 3.05. The average molecular weight is 283 g/mol. The Labute approximate surface area is 109 Å². The van der Waals surface area contributed by atoms with E-state index < -0.39 is 5.37 Å². The van der Waals surface area contributed by atoms with Gasteiger partial charge in [0, 0.05) is 6.07 Å². The summed E-state index contributed by atoms with van der Waals surface area (Å²) in [6.07, 6.45) is -0.0294. The largest absolute Gasteiger partial charge is 0.489 e. The van der Waals surface area contributed by atoms with Gasteiger partial charge in [-0.2, -0.15) is 0 Å². The SMILES string of the molecule is CC(C)Oc1cc(NC(=O)Cl)c(Cl)cc1Cl. The molecule has 6 heteroatoms. The molecular weight excluding hydrogens is 272 g/mol. The van der Waals surface area contributed by atoms with E-state index in [0.717, 1.165) is 0 Å². The van der Waals surface area contributed by atoms with Gasteiger partial charge in [-0.3, -0.25) is 4.79 Å². The highest BCUT2D eigenvalue weighted by Gasteiger charge is 2.11. The third kappa shape index (κ3) is 3.74. The third-order valence-electron chi connectivity index (χ3n) is 1.62. The predicted octanol–water partition coefficient (Wildman–Crippen LogP) is 4.55. The van der Waals surface area contributed by atoms with Crippen molar-refractivity contribution in [3.63, 3.8) is 0 Å². The maximum absolute atomic E-state index is 10.7. The van der Waals surface area contributed by atoms with E-state index in [4.69, 9.17) is 39.5 Å². The molecule has 1 aromatic carbocycles. The Morgan fingerprint density at radius 2 is 1.94 bits per heavy atom. The van der Waals surface area contributed by atoms with E-state index in [1.54, 1.807) is 0 Å². The van der Waals surface area contributed by atoms with Crippen LogP contribution in [0.4, 0.5) is 10.5 Å². The second-order valence-electron chi connectivity index (χ2n) is 3.33. The normalized spacial score (nSPS) is 10.4. The van der Waals surface area contributed by atoms with Crippen molar-refractivity contribution in [1.29, 1.82) is 0 Å². The summed E-state index contributed by atoms with van der Waals surface area (Å²) < 4.78 is 5.44. The fraction of sp³-hybridized carbons (Fsp3) is 0.300. The molecule has 88 valence electrons. The molecule has 0 unspecified atom stereocenters. The van der Waals surface area contributed by atoms with Gasteiger partial charge in [0.15, 0.2) is 0 Å². The number of anilines is 1. The number of hydrogen-bond acceptors (Lipinski definition) is 2. The summed E-state index contributed by atoms with van der Waals surface area (Å²) in [5.41, 5.74) is 0.363. The Morgan fingerprint density at radius 3 is 2.44 bits per heavy atom. The van der Waals surface area contributed by atoms with Crippen LogP contribution in [0.25, 0.3) is 0 Å². The monoisotopic (exact) mass is 281 g/mol. The van der Waals surface area contributed by atoms with Crippen molar-refractivity contribution in [2.45, 2.75) is 20.0 Å². The van der Waals surface area contributed by atoms with Crippen molar-refractivity contribution in [2.75, 3.05) is 5.32 Å². The van der Waals surface area contributed by atoms with E-state index in [0.29, 0.717) is 21.5 Å². The number of rotatable bonds is 3. The van der Waals surface area contributed by atoms with Crippen LogP contribution in [0.2, 0.25) is 10.0 Å². The summed E-state index contributed by atoms with van der Waals surface area (Å²) in [5, 5.41) is 2.33. The minimum absolute atomic E-state index is 0.0294. The number of amides is 1. The lowest BCUT2D eigenvalue weighted by atomic mass is 10.3. The second-order valence-corrected chi connectivity index (χ2v) is 4.49. The summed E-state index contributed by atoms with van der Waals surface area (Å²) in [6, 6.07) is 3.02. The summed E-state index contributed by atoms with van der Waals surface area (Å²) >= 11 is 17.0. The molecule has 0 atom stereocenters. The number of hydrogen-bond donors (Lipinski definition) is 1. The molecule has 0 aliphatic heterocycles. The van der Waals surface area contributed by atoms with Gasteiger partial charge in [-0.15, -0.1) is 0 Å². The van der Waals surface area contributed by atoms with Crippen LogP contribution in [-0.2, 0) is 0 Å². The van der Waals surface area contributed by atoms with Gasteiger partial charge in [0.25, 0.3) is 0 Å². The Hall–Kier alpha value is -0.640. The Kier molecular flexibility index (Phi) is 4.71. The highest BCUT2D eigenvalue weighted by atomic mass is 35.5. The maximum atomic E-state index is 10.7. The molecule has 1 N–H and O–H groups in total. The van der Waals surface area contributed by atoms with Crippen LogP contribution >= 0.6 is 34.8 Å². The fourth-order valence-electron chi connectivity index (χ4n) is 1.08. The molecule has 0 saturated carbocycles. The number of nitrogens with one attached hydrogen (secondary N) is 1. The van der Waals surface area contributed by atoms with Gasteiger partial charge in [-0.25, -0.2) is 0 Å². The predicted molar refractivity (Wildman–Crippen MR) is 67.1 cm³/mol. The molecule has 0 heterocycles. The first-order valence-corrected chi connectivity index (χ1v) is 5.65. The highest BCUT2D eigenvalue weighted by Crippen LogP contribution is 2.34. The van der Waals surface area contributed by atoms with Crippen LogP contribution in [0.15, 0.2) is 12.1 Å². The van der Waals surface area contributed by atoms with E-state index in [1.807, 2.05) is 13.8 Å². The standard InChI is InChI=1S/C10H10Cl3NO2/c1-5(2)16-9-4-8(14-10(13)15)6(11)3-7(9)12/h3-5H,1-2H3,(H,14,15). The molecule has 0 aliphatic rings. The number of carbonyl (C=O) groups excluding carboxylic acids is 1. The minimum Gasteiger partial charge on any atom is -0.489 e.